The average molecular weight is 222 g/mol. The van der Waals surface area contributed by atoms with Gasteiger partial charge in [-0.25, -0.2) is 0 Å². The van der Waals surface area contributed by atoms with E-state index in [9.17, 15) is 4.79 Å². The standard InChI is InChI=1S/C13H22N2O/c1-3-4-10(2)13(16)15-8-7-11-5-6-12(9-15)14-11/h4,11-12,14H,3,5-9H2,1-2H3/b10-4-. The Hall–Kier alpha value is -0.830. The summed E-state index contributed by atoms with van der Waals surface area (Å²) in [5.74, 6) is 0.233. The highest BCUT2D eigenvalue weighted by Gasteiger charge is 2.31. The van der Waals surface area contributed by atoms with Gasteiger partial charge in [-0.2, -0.15) is 0 Å². The number of hydrogen-bond acceptors (Lipinski definition) is 2. The Kier molecular flexibility index (Phi) is 3.64. The van der Waals surface area contributed by atoms with Gasteiger partial charge >= 0.3 is 0 Å². The lowest BCUT2D eigenvalue weighted by Gasteiger charge is -2.24. The van der Waals surface area contributed by atoms with Crippen molar-refractivity contribution in [3.05, 3.63) is 11.6 Å². The fourth-order valence-corrected chi connectivity index (χ4v) is 2.77. The number of hydrogen-bond donors (Lipinski definition) is 1. The molecule has 2 heterocycles. The van der Waals surface area contributed by atoms with Crippen LogP contribution in [0.5, 0.6) is 0 Å². The predicted octanol–water partition coefficient (Wildman–Crippen LogP) is 1.70. The Morgan fingerprint density at radius 2 is 2.12 bits per heavy atom. The molecular formula is C13H22N2O. The molecule has 0 aliphatic carbocycles. The minimum Gasteiger partial charge on any atom is -0.337 e. The van der Waals surface area contributed by atoms with Crippen molar-refractivity contribution in [3.8, 4) is 0 Å². The molecule has 0 aromatic heterocycles. The highest BCUT2D eigenvalue weighted by atomic mass is 16.2. The molecule has 0 radical (unpaired) electrons. The fraction of sp³-hybridized carbons (Fsp3) is 0.769. The molecule has 0 aromatic rings. The van der Waals surface area contributed by atoms with Crippen LogP contribution in [0.25, 0.3) is 0 Å². The van der Waals surface area contributed by atoms with Crippen molar-refractivity contribution in [2.24, 2.45) is 0 Å². The number of nitrogens with zero attached hydrogens (tertiary/aromatic N) is 1. The molecule has 2 aliphatic heterocycles. The summed E-state index contributed by atoms with van der Waals surface area (Å²) < 4.78 is 0. The smallest absolute Gasteiger partial charge is 0.249 e. The minimum absolute atomic E-state index is 0.233. The normalized spacial score (nSPS) is 30.4. The molecule has 3 nitrogen and oxygen atoms in total. The second-order valence-corrected chi connectivity index (χ2v) is 4.97. The predicted molar refractivity (Wildman–Crippen MR) is 65.2 cm³/mol. The van der Waals surface area contributed by atoms with Crippen molar-refractivity contribution in [1.82, 2.24) is 10.2 Å². The third-order valence-corrected chi connectivity index (χ3v) is 3.66. The molecule has 2 aliphatic rings. The van der Waals surface area contributed by atoms with E-state index in [1.165, 1.54) is 12.8 Å². The Labute approximate surface area is 97.9 Å². The van der Waals surface area contributed by atoms with Crippen molar-refractivity contribution < 1.29 is 4.79 Å². The number of rotatable bonds is 2. The van der Waals surface area contributed by atoms with E-state index in [1.807, 2.05) is 17.9 Å². The molecule has 2 rings (SSSR count). The topological polar surface area (TPSA) is 32.3 Å². The van der Waals surface area contributed by atoms with Crippen LogP contribution in [-0.2, 0) is 4.79 Å². The maximum atomic E-state index is 12.1. The largest absolute Gasteiger partial charge is 0.337 e. The Morgan fingerprint density at radius 1 is 1.38 bits per heavy atom. The first kappa shape index (κ1) is 11.6. The van der Waals surface area contributed by atoms with Gasteiger partial charge in [0.1, 0.15) is 0 Å². The Balaban J connectivity index is 1.99. The van der Waals surface area contributed by atoms with Crippen molar-refractivity contribution >= 4 is 5.91 Å². The van der Waals surface area contributed by atoms with Crippen LogP contribution in [0.15, 0.2) is 11.6 Å². The van der Waals surface area contributed by atoms with Crippen LogP contribution < -0.4 is 5.32 Å². The van der Waals surface area contributed by atoms with Crippen molar-refractivity contribution in [2.45, 2.75) is 51.6 Å². The van der Waals surface area contributed by atoms with Gasteiger partial charge in [0.25, 0.3) is 0 Å². The zero-order valence-corrected chi connectivity index (χ0v) is 10.3. The molecule has 16 heavy (non-hydrogen) atoms. The van der Waals surface area contributed by atoms with Gasteiger partial charge in [-0.1, -0.05) is 13.0 Å². The van der Waals surface area contributed by atoms with Gasteiger partial charge in [0.05, 0.1) is 0 Å². The van der Waals surface area contributed by atoms with E-state index >= 15 is 0 Å². The van der Waals surface area contributed by atoms with Crippen LogP contribution in [0.1, 0.15) is 39.5 Å². The summed E-state index contributed by atoms with van der Waals surface area (Å²) in [7, 11) is 0. The van der Waals surface area contributed by atoms with Gasteiger partial charge in [-0.3, -0.25) is 4.79 Å². The lowest BCUT2D eigenvalue weighted by Crippen LogP contribution is -2.39. The molecule has 2 atom stereocenters. The second-order valence-electron chi connectivity index (χ2n) is 4.97. The van der Waals surface area contributed by atoms with E-state index < -0.39 is 0 Å². The molecule has 0 aromatic carbocycles. The zero-order chi connectivity index (χ0) is 11.5. The molecule has 1 N–H and O–H groups in total. The number of likely N-dealkylation sites (tertiary alicyclic amines) is 1. The molecule has 90 valence electrons. The molecule has 2 saturated heterocycles. The summed E-state index contributed by atoms with van der Waals surface area (Å²) in [5, 5.41) is 3.60. The quantitative estimate of drug-likeness (QED) is 0.721. The first-order chi connectivity index (χ1) is 7.70. The molecule has 2 unspecified atom stereocenters. The van der Waals surface area contributed by atoms with Crippen LogP contribution in [0, 0.1) is 0 Å². The number of nitrogens with one attached hydrogen (secondary N) is 1. The molecule has 2 bridgehead atoms. The first-order valence-corrected chi connectivity index (χ1v) is 6.42. The summed E-state index contributed by atoms with van der Waals surface area (Å²) >= 11 is 0. The number of amides is 1. The van der Waals surface area contributed by atoms with Gasteiger partial charge in [-0.15, -0.1) is 0 Å². The fourth-order valence-electron chi connectivity index (χ4n) is 2.77. The molecule has 1 amide bonds. The van der Waals surface area contributed by atoms with E-state index in [-0.39, 0.29) is 5.91 Å². The van der Waals surface area contributed by atoms with E-state index in [4.69, 9.17) is 0 Å². The molecular weight excluding hydrogens is 200 g/mol. The van der Waals surface area contributed by atoms with Gasteiger partial charge < -0.3 is 10.2 Å². The molecule has 2 fully saturated rings. The maximum absolute atomic E-state index is 12.1. The number of carbonyl (C=O) groups is 1. The van der Waals surface area contributed by atoms with Crippen molar-refractivity contribution in [3.63, 3.8) is 0 Å². The highest BCUT2D eigenvalue weighted by molar-refractivity contribution is 5.92. The van der Waals surface area contributed by atoms with E-state index in [2.05, 4.69) is 12.2 Å². The summed E-state index contributed by atoms with van der Waals surface area (Å²) in [4.78, 5) is 14.2. The van der Waals surface area contributed by atoms with Crippen molar-refractivity contribution in [2.75, 3.05) is 13.1 Å². The summed E-state index contributed by atoms with van der Waals surface area (Å²) in [6.45, 7) is 5.82. The third-order valence-electron chi connectivity index (χ3n) is 3.66. The third kappa shape index (κ3) is 2.46. The highest BCUT2D eigenvalue weighted by Crippen LogP contribution is 2.21. The summed E-state index contributed by atoms with van der Waals surface area (Å²) in [5.41, 5.74) is 0.903. The van der Waals surface area contributed by atoms with Crippen LogP contribution in [0.3, 0.4) is 0 Å². The van der Waals surface area contributed by atoms with Crippen LogP contribution in [0.2, 0.25) is 0 Å². The minimum atomic E-state index is 0.233. The van der Waals surface area contributed by atoms with Crippen LogP contribution >= 0.6 is 0 Å². The molecule has 0 spiro atoms. The number of fused-ring (bicyclic) bond motifs is 2. The van der Waals surface area contributed by atoms with Gasteiger partial charge in [0.2, 0.25) is 5.91 Å². The monoisotopic (exact) mass is 222 g/mol. The molecule has 0 saturated carbocycles. The maximum Gasteiger partial charge on any atom is 0.249 e. The van der Waals surface area contributed by atoms with E-state index in [1.54, 1.807) is 0 Å². The summed E-state index contributed by atoms with van der Waals surface area (Å²) in [6, 6.07) is 1.18. The average Bonchev–Trinajstić information content (AvgIpc) is 2.58. The summed E-state index contributed by atoms with van der Waals surface area (Å²) in [6.07, 6.45) is 6.59. The van der Waals surface area contributed by atoms with Gasteiger partial charge in [0, 0.05) is 30.7 Å². The lowest BCUT2D eigenvalue weighted by molar-refractivity contribution is -0.127. The zero-order valence-electron chi connectivity index (χ0n) is 10.3. The van der Waals surface area contributed by atoms with Crippen LogP contribution in [0.4, 0.5) is 0 Å². The van der Waals surface area contributed by atoms with Gasteiger partial charge in [0.15, 0.2) is 0 Å². The Morgan fingerprint density at radius 3 is 2.88 bits per heavy atom. The lowest BCUT2D eigenvalue weighted by atomic mass is 10.1. The van der Waals surface area contributed by atoms with Crippen LogP contribution in [-0.4, -0.2) is 36.0 Å². The second kappa shape index (κ2) is 5.00. The van der Waals surface area contributed by atoms with Crippen molar-refractivity contribution in [1.29, 1.82) is 0 Å². The number of carbonyl (C=O) groups excluding carboxylic acids is 1. The van der Waals surface area contributed by atoms with Gasteiger partial charge in [-0.05, 0) is 32.6 Å². The van der Waals surface area contributed by atoms with E-state index in [0.29, 0.717) is 12.1 Å². The van der Waals surface area contributed by atoms with E-state index in [0.717, 1.165) is 31.5 Å². The Bertz CT molecular complexity index is 298. The molecule has 3 heteroatoms. The number of allylic oxidation sites excluding steroid dienone is 1. The first-order valence-electron chi connectivity index (χ1n) is 6.42. The SMILES string of the molecule is CC/C=C(/C)C(=O)N1CCC2CCC(C1)N2.